The van der Waals surface area contributed by atoms with Crippen molar-refractivity contribution in [3.8, 4) is 17.6 Å². The number of ether oxygens (including phenoxy) is 1. The van der Waals surface area contributed by atoms with Crippen molar-refractivity contribution < 1.29 is 4.74 Å². The first-order chi connectivity index (χ1) is 13.8. The van der Waals surface area contributed by atoms with E-state index in [1.54, 1.807) is 7.11 Å². The second kappa shape index (κ2) is 8.93. The number of hydrogen-bond acceptors (Lipinski definition) is 3. The molecule has 142 valence electrons. The average molecular weight is 370 g/mol. The van der Waals surface area contributed by atoms with Gasteiger partial charge in [0.1, 0.15) is 5.75 Å². The van der Waals surface area contributed by atoms with E-state index in [-0.39, 0.29) is 0 Å². The summed E-state index contributed by atoms with van der Waals surface area (Å²) in [6.07, 6.45) is 0. The van der Waals surface area contributed by atoms with Gasteiger partial charge in [-0.3, -0.25) is 9.80 Å². The lowest BCUT2D eigenvalue weighted by Crippen LogP contribution is -2.45. The minimum Gasteiger partial charge on any atom is -0.496 e. The molecule has 0 aliphatic carbocycles. The van der Waals surface area contributed by atoms with Crippen LogP contribution in [0.5, 0.6) is 5.75 Å². The number of methoxy groups -OCH3 is 1. The SMILES string of the molecule is COc1ccc(CN2CCN(CC#Cc3ccccc3)CC2)c2ccccc12. The van der Waals surface area contributed by atoms with E-state index in [9.17, 15) is 0 Å². The number of rotatable bonds is 4. The number of benzene rings is 3. The minimum atomic E-state index is 0.841. The molecule has 0 aromatic heterocycles. The molecular weight excluding hydrogens is 344 g/mol. The second-order valence-corrected chi connectivity index (χ2v) is 7.19. The minimum absolute atomic E-state index is 0.841. The summed E-state index contributed by atoms with van der Waals surface area (Å²) in [7, 11) is 1.74. The predicted octanol–water partition coefficient (Wildman–Crippen LogP) is 4.02. The smallest absolute Gasteiger partial charge is 0.126 e. The van der Waals surface area contributed by atoms with Crippen molar-refractivity contribution in [2.45, 2.75) is 6.54 Å². The summed E-state index contributed by atoms with van der Waals surface area (Å²) in [6.45, 7) is 6.11. The average Bonchev–Trinajstić information content (AvgIpc) is 2.76. The Morgan fingerprint density at radius 2 is 1.46 bits per heavy atom. The summed E-state index contributed by atoms with van der Waals surface area (Å²) in [5, 5.41) is 2.48. The standard InChI is InChI=1S/C25H26N2O/c1-28-25-14-13-22(23-11-5-6-12-24(23)25)20-27-18-16-26(17-19-27)15-7-10-21-8-3-2-4-9-21/h2-6,8-9,11-14H,15-20H2,1H3. The van der Waals surface area contributed by atoms with Crippen LogP contribution in [0.3, 0.4) is 0 Å². The van der Waals surface area contributed by atoms with Gasteiger partial charge in [0.05, 0.1) is 13.7 Å². The van der Waals surface area contributed by atoms with Gasteiger partial charge < -0.3 is 4.74 Å². The van der Waals surface area contributed by atoms with Crippen molar-refractivity contribution in [1.82, 2.24) is 9.80 Å². The Kier molecular flexibility index (Phi) is 5.92. The number of piperazine rings is 1. The van der Waals surface area contributed by atoms with Crippen molar-refractivity contribution >= 4 is 10.8 Å². The summed E-state index contributed by atoms with van der Waals surface area (Å²) < 4.78 is 5.52. The highest BCUT2D eigenvalue weighted by molar-refractivity contribution is 5.91. The zero-order valence-electron chi connectivity index (χ0n) is 16.4. The van der Waals surface area contributed by atoms with Gasteiger partial charge in [-0.05, 0) is 29.1 Å². The van der Waals surface area contributed by atoms with Gasteiger partial charge >= 0.3 is 0 Å². The van der Waals surface area contributed by atoms with E-state index in [4.69, 9.17) is 4.74 Å². The number of fused-ring (bicyclic) bond motifs is 1. The Bertz CT molecular complexity index is 980. The van der Waals surface area contributed by atoms with Crippen LogP contribution < -0.4 is 4.74 Å². The third-order valence-corrected chi connectivity index (χ3v) is 5.36. The maximum atomic E-state index is 5.52. The molecule has 0 radical (unpaired) electrons. The molecule has 4 rings (SSSR count). The quantitative estimate of drug-likeness (QED) is 0.645. The predicted molar refractivity (Wildman–Crippen MR) is 116 cm³/mol. The molecule has 3 nitrogen and oxygen atoms in total. The van der Waals surface area contributed by atoms with Crippen molar-refractivity contribution in [3.05, 3.63) is 77.9 Å². The Morgan fingerprint density at radius 3 is 2.21 bits per heavy atom. The van der Waals surface area contributed by atoms with E-state index >= 15 is 0 Å². The van der Waals surface area contributed by atoms with Crippen LogP contribution in [0.25, 0.3) is 10.8 Å². The van der Waals surface area contributed by atoms with Crippen molar-refractivity contribution in [2.75, 3.05) is 39.8 Å². The van der Waals surface area contributed by atoms with Crippen LogP contribution in [0.15, 0.2) is 66.7 Å². The Morgan fingerprint density at radius 1 is 0.786 bits per heavy atom. The lowest BCUT2D eigenvalue weighted by Gasteiger charge is -2.34. The topological polar surface area (TPSA) is 15.7 Å². The van der Waals surface area contributed by atoms with Gasteiger partial charge in [0.25, 0.3) is 0 Å². The van der Waals surface area contributed by atoms with Crippen LogP contribution in [0.4, 0.5) is 0 Å². The molecule has 28 heavy (non-hydrogen) atoms. The summed E-state index contributed by atoms with van der Waals surface area (Å²) >= 11 is 0. The van der Waals surface area contributed by atoms with Crippen molar-refractivity contribution in [3.63, 3.8) is 0 Å². The summed E-state index contributed by atoms with van der Waals surface area (Å²) in [4.78, 5) is 4.98. The summed E-state index contributed by atoms with van der Waals surface area (Å²) in [5.41, 5.74) is 2.46. The first-order valence-electron chi connectivity index (χ1n) is 9.87. The van der Waals surface area contributed by atoms with Crippen LogP contribution in [-0.4, -0.2) is 49.6 Å². The third-order valence-electron chi connectivity index (χ3n) is 5.36. The first-order valence-corrected chi connectivity index (χ1v) is 9.87. The molecule has 0 N–H and O–H groups in total. The number of hydrogen-bond donors (Lipinski definition) is 0. The van der Waals surface area contributed by atoms with Crippen LogP contribution in [0.2, 0.25) is 0 Å². The molecule has 1 aliphatic heterocycles. The Hall–Kier alpha value is -2.80. The normalized spacial score (nSPS) is 15.2. The van der Waals surface area contributed by atoms with Crippen molar-refractivity contribution in [1.29, 1.82) is 0 Å². The molecule has 0 atom stereocenters. The summed E-state index contributed by atoms with van der Waals surface area (Å²) in [6, 6.07) is 23.0. The van der Waals surface area contributed by atoms with Crippen molar-refractivity contribution in [2.24, 2.45) is 0 Å². The molecular formula is C25H26N2O. The van der Waals surface area contributed by atoms with E-state index in [2.05, 4.69) is 70.2 Å². The van der Waals surface area contributed by atoms with Crippen LogP contribution in [0, 0.1) is 11.8 Å². The van der Waals surface area contributed by atoms with E-state index in [1.807, 2.05) is 18.2 Å². The lowest BCUT2D eigenvalue weighted by molar-refractivity contribution is 0.139. The highest BCUT2D eigenvalue weighted by Gasteiger charge is 2.17. The molecule has 0 saturated carbocycles. The zero-order chi connectivity index (χ0) is 19.2. The van der Waals surface area contributed by atoms with Gasteiger partial charge in [0.2, 0.25) is 0 Å². The molecule has 1 saturated heterocycles. The molecule has 0 amide bonds. The first kappa shape index (κ1) is 18.6. The van der Waals surface area contributed by atoms with Crippen LogP contribution in [0.1, 0.15) is 11.1 Å². The van der Waals surface area contributed by atoms with E-state index in [1.165, 1.54) is 16.3 Å². The van der Waals surface area contributed by atoms with Gasteiger partial charge in [-0.2, -0.15) is 0 Å². The van der Waals surface area contributed by atoms with E-state index in [0.29, 0.717) is 0 Å². The van der Waals surface area contributed by atoms with Gasteiger partial charge in [-0.15, -0.1) is 0 Å². The largest absolute Gasteiger partial charge is 0.496 e. The van der Waals surface area contributed by atoms with Crippen LogP contribution in [-0.2, 0) is 6.54 Å². The maximum absolute atomic E-state index is 5.52. The highest BCUT2D eigenvalue weighted by Crippen LogP contribution is 2.29. The third kappa shape index (κ3) is 4.36. The fourth-order valence-electron chi connectivity index (χ4n) is 3.77. The molecule has 3 heteroatoms. The van der Waals surface area contributed by atoms with E-state index < -0.39 is 0 Å². The molecule has 3 aromatic carbocycles. The lowest BCUT2D eigenvalue weighted by atomic mass is 10.0. The molecule has 1 heterocycles. The fraction of sp³-hybridized carbons (Fsp3) is 0.280. The Balaban J connectivity index is 1.35. The second-order valence-electron chi connectivity index (χ2n) is 7.19. The highest BCUT2D eigenvalue weighted by atomic mass is 16.5. The monoisotopic (exact) mass is 370 g/mol. The molecule has 1 aliphatic rings. The van der Waals surface area contributed by atoms with E-state index in [0.717, 1.165) is 50.6 Å². The molecule has 0 unspecified atom stereocenters. The summed E-state index contributed by atoms with van der Waals surface area (Å²) in [5.74, 6) is 7.52. The van der Waals surface area contributed by atoms with Gasteiger partial charge in [-0.25, -0.2) is 0 Å². The van der Waals surface area contributed by atoms with Gasteiger partial charge in [0.15, 0.2) is 0 Å². The molecule has 1 fully saturated rings. The Labute approximate surface area is 167 Å². The number of nitrogens with zero attached hydrogens (tertiary/aromatic N) is 2. The van der Waals surface area contributed by atoms with Gasteiger partial charge in [-0.1, -0.05) is 60.4 Å². The van der Waals surface area contributed by atoms with Gasteiger partial charge in [0, 0.05) is 43.7 Å². The fourth-order valence-corrected chi connectivity index (χ4v) is 3.77. The maximum Gasteiger partial charge on any atom is 0.126 e. The van der Waals surface area contributed by atoms with Crippen LogP contribution >= 0.6 is 0 Å². The molecule has 3 aromatic rings. The molecule has 0 bridgehead atoms. The zero-order valence-corrected chi connectivity index (χ0v) is 16.4. The molecule has 0 spiro atoms.